The number of halogens is 3. The normalized spacial score (nSPS) is 11.3. The summed E-state index contributed by atoms with van der Waals surface area (Å²) in [4.78, 5) is 16.9. The number of carbonyl (C=O) groups is 1. The zero-order valence-electron chi connectivity index (χ0n) is 15.8. The Labute approximate surface area is 170 Å². The second kappa shape index (κ2) is 8.65. The fraction of sp³-hybridized carbons (Fsp3) is 0.238. The lowest BCUT2D eigenvalue weighted by molar-refractivity contribution is -0.137. The summed E-state index contributed by atoms with van der Waals surface area (Å²) in [6.45, 7) is 3.79. The third kappa shape index (κ3) is 5.80. The van der Waals surface area contributed by atoms with Gasteiger partial charge in [0, 0.05) is 17.5 Å². The van der Waals surface area contributed by atoms with Crippen molar-refractivity contribution in [1.29, 1.82) is 0 Å². The molecule has 3 aromatic rings. The third-order valence-electron chi connectivity index (χ3n) is 4.28. The van der Waals surface area contributed by atoms with E-state index in [0.717, 1.165) is 28.1 Å². The van der Waals surface area contributed by atoms with Crippen LogP contribution in [0.2, 0.25) is 0 Å². The molecule has 0 saturated heterocycles. The molecule has 0 saturated carbocycles. The monoisotopic (exact) mass is 420 g/mol. The van der Waals surface area contributed by atoms with Gasteiger partial charge in [-0.25, -0.2) is 4.98 Å². The average molecular weight is 420 g/mol. The summed E-state index contributed by atoms with van der Waals surface area (Å²) in [5.74, 6) is 0.246. The molecule has 0 radical (unpaired) electrons. The minimum absolute atomic E-state index is 0.162. The first kappa shape index (κ1) is 20.9. The van der Waals surface area contributed by atoms with E-state index >= 15 is 0 Å². The van der Waals surface area contributed by atoms with Gasteiger partial charge in [-0.2, -0.15) is 13.2 Å². The van der Waals surface area contributed by atoms with Gasteiger partial charge >= 0.3 is 6.18 Å². The Morgan fingerprint density at radius 1 is 1.14 bits per heavy atom. The topological polar surface area (TPSA) is 51.2 Å². The van der Waals surface area contributed by atoms with E-state index in [2.05, 4.69) is 10.3 Å². The zero-order chi connectivity index (χ0) is 21.0. The smallest absolute Gasteiger partial charge is 0.416 e. The summed E-state index contributed by atoms with van der Waals surface area (Å²) in [6, 6.07) is 10.7. The molecule has 29 heavy (non-hydrogen) atoms. The maximum absolute atomic E-state index is 12.8. The summed E-state index contributed by atoms with van der Waals surface area (Å²) in [5.41, 5.74) is 2.05. The number of ether oxygens (including phenoxy) is 1. The van der Waals surface area contributed by atoms with Crippen LogP contribution in [0.5, 0.6) is 5.75 Å². The van der Waals surface area contributed by atoms with Gasteiger partial charge in [0.25, 0.3) is 5.91 Å². The van der Waals surface area contributed by atoms with Crippen LogP contribution in [-0.4, -0.2) is 17.5 Å². The highest BCUT2D eigenvalue weighted by Gasteiger charge is 2.30. The van der Waals surface area contributed by atoms with E-state index in [0.29, 0.717) is 22.9 Å². The van der Waals surface area contributed by atoms with Crippen LogP contribution in [0.15, 0.2) is 48.7 Å². The first-order valence-electron chi connectivity index (χ1n) is 8.81. The fourth-order valence-corrected chi connectivity index (χ4v) is 3.48. The maximum Gasteiger partial charge on any atom is 0.416 e. The lowest BCUT2D eigenvalue weighted by Gasteiger charge is -2.08. The van der Waals surface area contributed by atoms with Crippen LogP contribution in [0.25, 0.3) is 0 Å². The van der Waals surface area contributed by atoms with E-state index in [4.69, 9.17) is 4.74 Å². The molecule has 0 unspecified atom stereocenters. The number of benzene rings is 2. The number of thiazole rings is 1. The molecule has 1 N–H and O–H groups in total. The predicted molar refractivity (Wildman–Crippen MR) is 106 cm³/mol. The average Bonchev–Trinajstić information content (AvgIpc) is 3.09. The van der Waals surface area contributed by atoms with Crippen molar-refractivity contribution in [2.75, 3.05) is 11.9 Å². The molecule has 1 heterocycles. The van der Waals surface area contributed by atoms with Gasteiger partial charge < -0.3 is 4.74 Å². The number of aromatic nitrogens is 1. The predicted octanol–water partition coefficient (Wildman–Crippen LogP) is 5.39. The van der Waals surface area contributed by atoms with Crippen molar-refractivity contribution in [2.24, 2.45) is 0 Å². The van der Waals surface area contributed by atoms with Gasteiger partial charge in [0.05, 0.1) is 5.56 Å². The van der Waals surface area contributed by atoms with E-state index < -0.39 is 11.7 Å². The molecule has 0 aliphatic rings. The number of carbonyl (C=O) groups excluding carboxylic acids is 1. The summed E-state index contributed by atoms with van der Waals surface area (Å²) in [5, 5.41) is 3.02. The van der Waals surface area contributed by atoms with Gasteiger partial charge in [-0.1, -0.05) is 24.3 Å². The summed E-state index contributed by atoms with van der Waals surface area (Å²) in [7, 11) is 0. The molecule has 1 amide bonds. The number of aryl methyl sites for hydroxylation is 2. The highest BCUT2D eigenvalue weighted by Crippen LogP contribution is 2.30. The minimum atomic E-state index is -4.38. The summed E-state index contributed by atoms with van der Waals surface area (Å²) >= 11 is 1.22. The lowest BCUT2D eigenvalue weighted by Crippen LogP contribution is -2.20. The minimum Gasteiger partial charge on any atom is -0.484 e. The molecule has 0 spiro atoms. The van der Waals surface area contributed by atoms with Crippen LogP contribution in [0.1, 0.15) is 27.1 Å². The van der Waals surface area contributed by atoms with Gasteiger partial charge in [-0.3, -0.25) is 10.1 Å². The standard InChI is InChI=1S/C21H19F3N2O2S/c1-13-6-7-17(8-14(13)2)28-12-19(27)26-20-25-11-18(29-20)10-15-4-3-5-16(9-15)21(22,23)24/h3-9,11H,10,12H2,1-2H3,(H,25,26,27). The first-order chi connectivity index (χ1) is 13.7. The Balaban J connectivity index is 1.56. The van der Waals surface area contributed by atoms with E-state index in [1.807, 2.05) is 26.0 Å². The maximum atomic E-state index is 12.8. The van der Waals surface area contributed by atoms with Crippen molar-refractivity contribution in [3.8, 4) is 5.75 Å². The van der Waals surface area contributed by atoms with Crippen molar-refractivity contribution < 1.29 is 22.7 Å². The molecule has 0 atom stereocenters. The van der Waals surface area contributed by atoms with E-state index in [9.17, 15) is 18.0 Å². The number of amides is 1. The second-order valence-corrected chi connectivity index (χ2v) is 7.70. The third-order valence-corrected chi connectivity index (χ3v) is 5.19. The molecule has 4 nitrogen and oxygen atoms in total. The van der Waals surface area contributed by atoms with Gasteiger partial charge in [0.15, 0.2) is 11.7 Å². The highest BCUT2D eigenvalue weighted by atomic mass is 32.1. The fourth-order valence-electron chi connectivity index (χ4n) is 2.61. The quantitative estimate of drug-likeness (QED) is 0.582. The highest BCUT2D eigenvalue weighted by molar-refractivity contribution is 7.15. The molecule has 0 fully saturated rings. The van der Waals surface area contributed by atoms with Crippen LogP contribution >= 0.6 is 11.3 Å². The zero-order valence-corrected chi connectivity index (χ0v) is 16.7. The van der Waals surface area contributed by atoms with E-state index in [-0.39, 0.29) is 12.5 Å². The van der Waals surface area contributed by atoms with Crippen molar-refractivity contribution in [3.05, 3.63) is 75.8 Å². The van der Waals surface area contributed by atoms with E-state index in [1.165, 1.54) is 17.4 Å². The molecule has 8 heteroatoms. The molecule has 3 rings (SSSR count). The van der Waals surface area contributed by atoms with Crippen molar-refractivity contribution in [2.45, 2.75) is 26.4 Å². The van der Waals surface area contributed by atoms with Crippen molar-refractivity contribution in [3.63, 3.8) is 0 Å². The van der Waals surface area contributed by atoms with Crippen molar-refractivity contribution >= 4 is 22.4 Å². The van der Waals surface area contributed by atoms with Crippen LogP contribution in [0.3, 0.4) is 0 Å². The number of hydrogen-bond acceptors (Lipinski definition) is 4. The van der Waals surface area contributed by atoms with E-state index in [1.54, 1.807) is 18.3 Å². The molecule has 0 aliphatic heterocycles. The number of nitrogens with one attached hydrogen (secondary N) is 1. The lowest BCUT2D eigenvalue weighted by atomic mass is 10.1. The van der Waals surface area contributed by atoms with Gasteiger partial charge in [0.2, 0.25) is 0 Å². The molecular weight excluding hydrogens is 401 g/mol. The van der Waals surface area contributed by atoms with Crippen LogP contribution in [0.4, 0.5) is 18.3 Å². The number of anilines is 1. The number of rotatable bonds is 6. The largest absolute Gasteiger partial charge is 0.484 e. The Morgan fingerprint density at radius 2 is 1.93 bits per heavy atom. The van der Waals surface area contributed by atoms with Gasteiger partial charge in [0.1, 0.15) is 5.75 Å². The molecule has 0 aliphatic carbocycles. The Hall–Kier alpha value is -2.87. The number of hydrogen-bond donors (Lipinski definition) is 1. The Kier molecular flexibility index (Phi) is 6.22. The molecule has 152 valence electrons. The van der Waals surface area contributed by atoms with Crippen LogP contribution < -0.4 is 10.1 Å². The molecule has 1 aromatic heterocycles. The van der Waals surface area contributed by atoms with Crippen LogP contribution in [0, 0.1) is 13.8 Å². The van der Waals surface area contributed by atoms with Gasteiger partial charge in [-0.05, 0) is 48.7 Å². The SMILES string of the molecule is Cc1ccc(OCC(=O)Nc2ncc(Cc3cccc(C(F)(F)F)c3)s2)cc1C. The molecule has 2 aromatic carbocycles. The summed E-state index contributed by atoms with van der Waals surface area (Å²) < 4.78 is 43.9. The number of nitrogens with zero attached hydrogens (tertiary/aromatic N) is 1. The van der Waals surface area contributed by atoms with Gasteiger partial charge in [-0.15, -0.1) is 11.3 Å². The Morgan fingerprint density at radius 3 is 2.66 bits per heavy atom. The second-order valence-electron chi connectivity index (χ2n) is 6.59. The van der Waals surface area contributed by atoms with Crippen LogP contribution in [-0.2, 0) is 17.4 Å². The molecule has 0 bridgehead atoms. The Bertz CT molecular complexity index is 1020. The van der Waals surface area contributed by atoms with Crippen molar-refractivity contribution in [1.82, 2.24) is 4.98 Å². The first-order valence-corrected chi connectivity index (χ1v) is 9.63. The molecular formula is C21H19F3N2O2S. The summed E-state index contributed by atoms with van der Waals surface area (Å²) in [6.07, 6.45) is -2.53. The number of alkyl halides is 3.